The Kier molecular flexibility index (Phi) is 4.86. The standard InChI is InChI=1S/C24H24N6O/c1-15-9-10-17-19(12-15)28-23(29-22(17)26-13-16-6-3-2-4-7-16)24-27-14-20-18(21(25)31)8-5-11-30(20)24/h2-8,11,14-15H,9-10,12-13H2,1H3,(H2,25,31)(H,26,28,29). The van der Waals surface area contributed by atoms with Crippen LogP contribution in [0.15, 0.2) is 54.9 Å². The second kappa shape index (κ2) is 7.83. The summed E-state index contributed by atoms with van der Waals surface area (Å²) >= 11 is 0. The van der Waals surface area contributed by atoms with Gasteiger partial charge in [0.15, 0.2) is 11.6 Å². The van der Waals surface area contributed by atoms with Gasteiger partial charge >= 0.3 is 0 Å². The molecular formula is C24H24N6O. The fraction of sp³-hybridized carbons (Fsp3) is 0.250. The average Bonchev–Trinajstić information content (AvgIpc) is 3.22. The molecule has 1 unspecified atom stereocenters. The van der Waals surface area contributed by atoms with E-state index in [1.54, 1.807) is 18.3 Å². The molecule has 7 heteroatoms. The molecule has 0 fully saturated rings. The molecular weight excluding hydrogens is 388 g/mol. The van der Waals surface area contributed by atoms with Gasteiger partial charge in [0.25, 0.3) is 5.91 Å². The number of pyridine rings is 1. The van der Waals surface area contributed by atoms with Gasteiger partial charge in [-0.15, -0.1) is 0 Å². The van der Waals surface area contributed by atoms with E-state index in [1.807, 2.05) is 28.8 Å². The number of carbonyl (C=O) groups is 1. The number of hydrogen-bond donors (Lipinski definition) is 2. The second-order valence-corrected chi connectivity index (χ2v) is 8.13. The summed E-state index contributed by atoms with van der Waals surface area (Å²) in [6.45, 7) is 2.94. The number of nitrogens with zero attached hydrogens (tertiary/aromatic N) is 4. The van der Waals surface area contributed by atoms with Gasteiger partial charge in [0.05, 0.1) is 23.0 Å². The summed E-state index contributed by atoms with van der Waals surface area (Å²) in [7, 11) is 0. The minimum atomic E-state index is -0.484. The molecule has 4 aromatic rings. The number of benzene rings is 1. The number of carbonyl (C=O) groups excluding carboxylic acids is 1. The van der Waals surface area contributed by atoms with Crippen molar-refractivity contribution in [1.82, 2.24) is 19.4 Å². The molecule has 0 saturated carbocycles. The van der Waals surface area contributed by atoms with Crippen molar-refractivity contribution < 1.29 is 4.79 Å². The van der Waals surface area contributed by atoms with Crippen molar-refractivity contribution in [1.29, 1.82) is 0 Å². The monoisotopic (exact) mass is 412 g/mol. The molecule has 5 rings (SSSR count). The van der Waals surface area contributed by atoms with E-state index in [0.717, 1.165) is 30.8 Å². The molecule has 1 atom stereocenters. The fourth-order valence-electron chi connectivity index (χ4n) is 4.21. The minimum Gasteiger partial charge on any atom is -0.366 e. The molecule has 1 aliphatic rings. The van der Waals surface area contributed by atoms with Crippen LogP contribution in [0.5, 0.6) is 0 Å². The van der Waals surface area contributed by atoms with Gasteiger partial charge < -0.3 is 11.1 Å². The number of aromatic nitrogens is 4. The van der Waals surface area contributed by atoms with Gasteiger partial charge in [-0.05, 0) is 42.9 Å². The predicted molar refractivity (Wildman–Crippen MR) is 120 cm³/mol. The third-order valence-corrected chi connectivity index (χ3v) is 5.86. The van der Waals surface area contributed by atoms with Gasteiger partial charge in [0.1, 0.15) is 5.82 Å². The van der Waals surface area contributed by atoms with Crippen LogP contribution in [-0.4, -0.2) is 25.3 Å². The normalized spacial score (nSPS) is 15.6. The highest BCUT2D eigenvalue weighted by molar-refractivity contribution is 5.99. The van der Waals surface area contributed by atoms with Crippen LogP contribution in [0.3, 0.4) is 0 Å². The van der Waals surface area contributed by atoms with Crippen LogP contribution in [-0.2, 0) is 19.4 Å². The van der Waals surface area contributed by atoms with E-state index in [1.165, 1.54) is 11.1 Å². The molecule has 3 heterocycles. The van der Waals surface area contributed by atoms with Crippen LogP contribution in [0.2, 0.25) is 0 Å². The first-order valence-corrected chi connectivity index (χ1v) is 10.5. The highest BCUT2D eigenvalue weighted by Gasteiger charge is 2.23. The van der Waals surface area contributed by atoms with Gasteiger partial charge in [0, 0.05) is 18.3 Å². The zero-order valence-corrected chi connectivity index (χ0v) is 17.4. The third kappa shape index (κ3) is 3.63. The molecule has 3 aromatic heterocycles. The van der Waals surface area contributed by atoms with Crippen LogP contribution >= 0.6 is 0 Å². The molecule has 1 aliphatic carbocycles. The number of nitrogens with one attached hydrogen (secondary N) is 1. The van der Waals surface area contributed by atoms with E-state index in [4.69, 9.17) is 15.7 Å². The molecule has 7 nitrogen and oxygen atoms in total. The quantitative estimate of drug-likeness (QED) is 0.522. The Labute approximate surface area is 180 Å². The molecule has 0 saturated heterocycles. The summed E-state index contributed by atoms with van der Waals surface area (Å²) in [5.74, 6) is 2.10. The van der Waals surface area contributed by atoms with Crippen molar-refractivity contribution in [2.75, 3.05) is 5.32 Å². The number of rotatable bonds is 5. The summed E-state index contributed by atoms with van der Waals surface area (Å²) in [6, 6.07) is 13.8. The van der Waals surface area contributed by atoms with Crippen molar-refractivity contribution in [2.24, 2.45) is 11.7 Å². The zero-order valence-electron chi connectivity index (χ0n) is 17.4. The van der Waals surface area contributed by atoms with Crippen molar-refractivity contribution in [3.05, 3.63) is 77.2 Å². The SMILES string of the molecule is CC1CCc2c(nc(-c3ncc4c(C(N)=O)cccn34)nc2NCc2ccccc2)C1. The molecule has 0 radical (unpaired) electrons. The van der Waals surface area contributed by atoms with Crippen LogP contribution in [0.25, 0.3) is 17.2 Å². The zero-order chi connectivity index (χ0) is 21.4. The molecule has 0 spiro atoms. The Morgan fingerprint density at radius 1 is 1.19 bits per heavy atom. The molecule has 1 amide bonds. The number of anilines is 1. The highest BCUT2D eigenvalue weighted by Crippen LogP contribution is 2.31. The summed E-state index contributed by atoms with van der Waals surface area (Å²) in [4.78, 5) is 26.1. The summed E-state index contributed by atoms with van der Waals surface area (Å²) in [5.41, 5.74) is 10.1. The van der Waals surface area contributed by atoms with Gasteiger partial charge in [-0.25, -0.2) is 15.0 Å². The summed E-state index contributed by atoms with van der Waals surface area (Å²) in [6.07, 6.45) is 6.51. The number of hydrogen-bond acceptors (Lipinski definition) is 5. The summed E-state index contributed by atoms with van der Waals surface area (Å²) in [5, 5.41) is 3.52. The van der Waals surface area contributed by atoms with Crippen LogP contribution in [0.4, 0.5) is 5.82 Å². The third-order valence-electron chi connectivity index (χ3n) is 5.86. The topological polar surface area (TPSA) is 98.2 Å². The van der Waals surface area contributed by atoms with Crippen molar-refractivity contribution in [3.63, 3.8) is 0 Å². The van der Waals surface area contributed by atoms with Crippen molar-refractivity contribution in [3.8, 4) is 11.6 Å². The molecule has 0 bridgehead atoms. The predicted octanol–water partition coefficient (Wildman–Crippen LogP) is 3.63. The van der Waals surface area contributed by atoms with Crippen LogP contribution in [0, 0.1) is 5.92 Å². The number of imidazole rings is 1. The Hall–Kier alpha value is -3.74. The fourth-order valence-corrected chi connectivity index (χ4v) is 4.21. The first-order valence-electron chi connectivity index (χ1n) is 10.5. The lowest BCUT2D eigenvalue weighted by Crippen LogP contribution is -2.18. The number of amides is 1. The van der Waals surface area contributed by atoms with E-state index in [0.29, 0.717) is 35.2 Å². The smallest absolute Gasteiger partial charge is 0.250 e. The van der Waals surface area contributed by atoms with Crippen LogP contribution < -0.4 is 11.1 Å². The first kappa shape index (κ1) is 19.2. The van der Waals surface area contributed by atoms with Crippen molar-refractivity contribution >= 4 is 17.2 Å². The Morgan fingerprint density at radius 2 is 2.03 bits per heavy atom. The van der Waals surface area contributed by atoms with E-state index >= 15 is 0 Å². The van der Waals surface area contributed by atoms with Gasteiger partial charge in [0.2, 0.25) is 0 Å². The maximum Gasteiger partial charge on any atom is 0.250 e. The summed E-state index contributed by atoms with van der Waals surface area (Å²) < 4.78 is 1.83. The lowest BCUT2D eigenvalue weighted by molar-refractivity contribution is 0.100. The van der Waals surface area contributed by atoms with Gasteiger partial charge in [-0.1, -0.05) is 37.3 Å². The Balaban J connectivity index is 1.59. The van der Waals surface area contributed by atoms with E-state index in [9.17, 15) is 4.79 Å². The Morgan fingerprint density at radius 3 is 2.84 bits per heavy atom. The largest absolute Gasteiger partial charge is 0.366 e. The average molecular weight is 412 g/mol. The number of fused-ring (bicyclic) bond motifs is 2. The minimum absolute atomic E-state index is 0.426. The maximum absolute atomic E-state index is 11.8. The molecule has 1 aromatic carbocycles. The highest BCUT2D eigenvalue weighted by atomic mass is 16.1. The second-order valence-electron chi connectivity index (χ2n) is 8.13. The molecule has 3 N–H and O–H groups in total. The van der Waals surface area contributed by atoms with Crippen molar-refractivity contribution in [2.45, 2.75) is 32.7 Å². The lowest BCUT2D eigenvalue weighted by atomic mass is 9.88. The lowest BCUT2D eigenvalue weighted by Gasteiger charge is -2.23. The van der Waals surface area contributed by atoms with E-state index in [-0.39, 0.29) is 0 Å². The van der Waals surface area contributed by atoms with Gasteiger partial charge in [-0.3, -0.25) is 9.20 Å². The number of primary amides is 1. The van der Waals surface area contributed by atoms with E-state index in [2.05, 4.69) is 29.4 Å². The molecule has 31 heavy (non-hydrogen) atoms. The van der Waals surface area contributed by atoms with E-state index < -0.39 is 5.91 Å². The van der Waals surface area contributed by atoms with Gasteiger partial charge in [-0.2, -0.15) is 0 Å². The maximum atomic E-state index is 11.8. The van der Waals surface area contributed by atoms with Crippen LogP contribution in [0.1, 0.15) is 40.5 Å². The molecule has 0 aliphatic heterocycles. The Bertz CT molecular complexity index is 1260. The number of nitrogens with two attached hydrogens (primary N) is 1. The first-order chi connectivity index (χ1) is 15.1. The molecule has 156 valence electrons.